The van der Waals surface area contributed by atoms with Gasteiger partial charge in [-0.15, -0.1) is 0 Å². The van der Waals surface area contributed by atoms with Gasteiger partial charge in [0, 0.05) is 17.5 Å². The molecular weight excluding hydrogens is 308 g/mol. The second kappa shape index (κ2) is 6.45. The molecule has 8 heteroatoms. The summed E-state index contributed by atoms with van der Waals surface area (Å²) in [6, 6.07) is 4.09. The number of amides is 1. The molecule has 1 rings (SSSR count). The first kappa shape index (κ1) is 18.1. The first-order chi connectivity index (χ1) is 9.94. The number of carbonyl (C=O) groups excluding carboxylic acids is 1. The summed E-state index contributed by atoms with van der Waals surface area (Å²) in [6.45, 7) is 4.84. The number of carboxylic acid groups (broad SMARTS) is 1. The monoisotopic (exact) mass is 328 g/mol. The summed E-state index contributed by atoms with van der Waals surface area (Å²) < 4.78 is 27.2. The molecule has 1 aromatic rings. The Kier molecular flexibility index (Phi) is 5.31. The fourth-order valence-corrected chi connectivity index (χ4v) is 3.39. The molecule has 0 aliphatic heterocycles. The molecule has 0 spiro atoms. The van der Waals surface area contributed by atoms with Crippen LogP contribution in [0.25, 0.3) is 0 Å². The summed E-state index contributed by atoms with van der Waals surface area (Å²) in [5.74, 6) is -1.71. The van der Waals surface area contributed by atoms with E-state index >= 15 is 0 Å². The van der Waals surface area contributed by atoms with Crippen molar-refractivity contribution < 1.29 is 23.1 Å². The predicted octanol–water partition coefficient (Wildman–Crippen LogP) is 1.02. The molecule has 0 radical (unpaired) electrons. The molecule has 0 bridgehead atoms. The van der Waals surface area contributed by atoms with Gasteiger partial charge in [0.25, 0.3) is 0 Å². The molecule has 0 fully saturated rings. The molecule has 0 aromatic heterocycles. The van der Waals surface area contributed by atoms with Crippen molar-refractivity contribution in [2.45, 2.75) is 44.0 Å². The second-order valence-electron chi connectivity index (χ2n) is 5.72. The molecule has 1 amide bonds. The number of nitrogens with one attached hydrogen (secondary N) is 1. The van der Waals surface area contributed by atoms with Gasteiger partial charge in [-0.1, -0.05) is 6.07 Å². The van der Waals surface area contributed by atoms with Gasteiger partial charge in [0.2, 0.25) is 15.9 Å². The quantitative estimate of drug-likeness (QED) is 0.688. The summed E-state index contributed by atoms with van der Waals surface area (Å²) in [5, 5.41) is 8.69. The van der Waals surface area contributed by atoms with E-state index in [1.807, 2.05) is 0 Å². The number of hydrogen-bond donors (Lipinski definition) is 3. The molecule has 0 atom stereocenters. The van der Waals surface area contributed by atoms with E-state index in [2.05, 4.69) is 4.72 Å². The first-order valence-electron chi connectivity index (χ1n) is 6.61. The molecule has 122 valence electrons. The predicted molar refractivity (Wildman–Crippen MR) is 81.0 cm³/mol. The van der Waals surface area contributed by atoms with E-state index in [0.29, 0.717) is 5.56 Å². The highest BCUT2D eigenvalue weighted by molar-refractivity contribution is 7.89. The van der Waals surface area contributed by atoms with E-state index in [4.69, 9.17) is 10.8 Å². The molecule has 0 aliphatic carbocycles. The zero-order chi connectivity index (χ0) is 17.1. The highest BCUT2D eigenvalue weighted by atomic mass is 32.2. The third-order valence-corrected chi connectivity index (χ3v) is 4.86. The van der Waals surface area contributed by atoms with Crippen LogP contribution in [0.2, 0.25) is 0 Å². The van der Waals surface area contributed by atoms with Crippen molar-refractivity contribution in [3.63, 3.8) is 0 Å². The molecule has 0 unspecified atom stereocenters. The summed E-state index contributed by atoms with van der Waals surface area (Å²) in [5.41, 5.74) is 4.99. The minimum Gasteiger partial charge on any atom is -0.481 e. The molecule has 22 heavy (non-hydrogen) atoms. The summed E-state index contributed by atoms with van der Waals surface area (Å²) in [7, 11) is -3.89. The van der Waals surface area contributed by atoms with Crippen LogP contribution in [0.3, 0.4) is 0 Å². The van der Waals surface area contributed by atoms with Crippen molar-refractivity contribution in [2.24, 2.45) is 5.73 Å². The highest BCUT2D eigenvalue weighted by Crippen LogP contribution is 2.19. The Labute approximate surface area is 129 Å². The van der Waals surface area contributed by atoms with Gasteiger partial charge in [-0.3, -0.25) is 9.59 Å². The van der Waals surface area contributed by atoms with Crippen LogP contribution in [0.15, 0.2) is 23.1 Å². The van der Waals surface area contributed by atoms with Crippen molar-refractivity contribution >= 4 is 21.9 Å². The van der Waals surface area contributed by atoms with Crippen molar-refractivity contribution in [3.05, 3.63) is 29.3 Å². The highest BCUT2D eigenvalue weighted by Gasteiger charge is 2.27. The van der Waals surface area contributed by atoms with Crippen LogP contribution in [-0.2, 0) is 14.8 Å². The van der Waals surface area contributed by atoms with E-state index in [0.717, 1.165) is 0 Å². The maximum Gasteiger partial charge on any atom is 0.303 e. The lowest BCUT2D eigenvalue weighted by Gasteiger charge is -2.25. The topological polar surface area (TPSA) is 127 Å². The van der Waals surface area contributed by atoms with E-state index in [1.165, 1.54) is 18.2 Å². The van der Waals surface area contributed by atoms with Crippen LogP contribution < -0.4 is 10.5 Å². The van der Waals surface area contributed by atoms with Crippen molar-refractivity contribution in [3.8, 4) is 0 Å². The summed E-state index contributed by atoms with van der Waals surface area (Å²) >= 11 is 0. The average molecular weight is 328 g/mol. The average Bonchev–Trinajstić information content (AvgIpc) is 2.35. The molecule has 4 N–H and O–H groups in total. The van der Waals surface area contributed by atoms with Crippen LogP contribution in [0.1, 0.15) is 42.6 Å². The number of aliphatic carboxylic acids is 1. The fourth-order valence-electron chi connectivity index (χ4n) is 1.93. The van der Waals surface area contributed by atoms with Crippen molar-refractivity contribution in [1.82, 2.24) is 4.72 Å². The smallest absolute Gasteiger partial charge is 0.303 e. The Hall–Kier alpha value is -1.93. The Balaban J connectivity index is 3.07. The van der Waals surface area contributed by atoms with Gasteiger partial charge < -0.3 is 10.8 Å². The number of rotatable bonds is 7. The molecule has 0 aliphatic rings. The zero-order valence-electron chi connectivity index (χ0n) is 12.7. The number of nitrogens with two attached hydrogens (primary N) is 1. The number of sulfonamides is 1. The number of benzene rings is 1. The third kappa shape index (κ3) is 4.81. The van der Waals surface area contributed by atoms with E-state index in [-0.39, 0.29) is 23.3 Å². The maximum atomic E-state index is 12.4. The fraction of sp³-hybridized carbons (Fsp3) is 0.429. The number of carboxylic acids is 1. The second-order valence-corrected chi connectivity index (χ2v) is 7.41. The van der Waals surface area contributed by atoms with Crippen molar-refractivity contribution in [2.75, 3.05) is 0 Å². The Bertz CT molecular complexity index is 695. The van der Waals surface area contributed by atoms with Gasteiger partial charge in [0.15, 0.2) is 0 Å². The number of carbonyl (C=O) groups is 2. The lowest BCUT2D eigenvalue weighted by molar-refractivity contribution is -0.137. The lowest BCUT2D eigenvalue weighted by Crippen LogP contribution is -2.43. The Morgan fingerprint density at radius 3 is 2.41 bits per heavy atom. The SMILES string of the molecule is Cc1ccc(S(=O)(=O)NC(C)(C)CCC(=O)O)cc1C(N)=O. The first-order valence-corrected chi connectivity index (χ1v) is 8.09. The van der Waals surface area contributed by atoms with Crippen LogP contribution >= 0.6 is 0 Å². The lowest BCUT2D eigenvalue weighted by atomic mass is 10.0. The molecular formula is C14H20N2O5S. The summed E-state index contributed by atoms with van der Waals surface area (Å²) in [4.78, 5) is 21.8. The van der Waals surface area contributed by atoms with E-state index < -0.39 is 27.4 Å². The van der Waals surface area contributed by atoms with Crippen LogP contribution in [0, 0.1) is 6.92 Å². The minimum atomic E-state index is -3.89. The van der Waals surface area contributed by atoms with Gasteiger partial charge >= 0.3 is 5.97 Å². The molecule has 1 aromatic carbocycles. The molecule has 7 nitrogen and oxygen atoms in total. The largest absolute Gasteiger partial charge is 0.481 e. The minimum absolute atomic E-state index is 0.0877. The van der Waals surface area contributed by atoms with E-state index in [1.54, 1.807) is 20.8 Å². The van der Waals surface area contributed by atoms with Gasteiger partial charge in [0.1, 0.15) is 0 Å². The van der Waals surface area contributed by atoms with Gasteiger partial charge in [-0.25, -0.2) is 13.1 Å². The standard InChI is InChI=1S/C14H20N2O5S/c1-9-4-5-10(8-11(9)13(15)19)22(20,21)16-14(2,3)7-6-12(17)18/h4-5,8,16H,6-7H2,1-3H3,(H2,15,19)(H,17,18). The van der Waals surface area contributed by atoms with Crippen LogP contribution in [0.4, 0.5) is 0 Å². The van der Waals surface area contributed by atoms with Gasteiger partial charge in [-0.2, -0.15) is 0 Å². The Morgan fingerprint density at radius 1 is 1.32 bits per heavy atom. The molecule has 0 heterocycles. The van der Waals surface area contributed by atoms with Crippen molar-refractivity contribution in [1.29, 1.82) is 0 Å². The normalized spacial score (nSPS) is 12.1. The summed E-state index contributed by atoms with van der Waals surface area (Å²) in [6.07, 6.45) is -0.0218. The third-order valence-electron chi connectivity index (χ3n) is 3.16. The van der Waals surface area contributed by atoms with Crippen LogP contribution in [0.5, 0.6) is 0 Å². The van der Waals surface area contributed by atoms with Gasteiger partial charge in [-0.05, 0) is 44.9 Å². The maximum absolute atomic E-state index is 12.4. The number of primary amides is 1. The number of aryl methyl sites for hydroxylation is 1. The van der Waals surface area contributed by atoms with E-state index in [9.17, 15) is 18.0 Å². The van der Waals surface area contributed by atoms with Gasteiger partial charge in [0.05, 0.1) is 4.90 Å². The molecule has 0 saturated carbocycles. The van der Waals surface area contributed by atoms with Crippen LogP contribution in [-0.4, -0.2) is 30.9 Å². The number of hydrogen-bond acceptors (Lipinski definition) is 4. The Morgan fingerprint density at radius 2 is 1.91 bits per heavy atom. The zero-order valence-corrected chi connectivity index (χ0v) is 13.5. The molecule has 0 saturated heterocycles.